The fraction of sp³-hybridized carbons (Fsp3) is 0.200. The maximum absolute atomic E-state index is 4.94. The summed E-state index contributed by atoms with van der Waals surface area (Å²) in [6.07, 6.45) is 8.85. The number of aryl methyl sites for hydroxylation is 1. The molecule has 0 saturated heterocycles. The Labute approximate surface area is 149 Å². The summed E-state index contributed by atoms with van der Waals surface area (Å²) >= 11 is 0. The molecule has 4 heterocycles. The van der Waals surface area contributed by atoms with E-state index in [-0.39, 0.29) is 0 Å². The van der Waals surface area contributed by atoms with Crippen molar-refractivity contribution in [3.8, 4) is 0 Å². The third kappa shape index (κ3) is 1.92. The Balaban J connectivity index is 1.40. The number of pyridine rings is 1. The molecule has 0 aliphatic heterocycles. The van der Waals surface area contributed by atoms with Crippen molar-refractivity contribution >= 4 is 22.1 Å². The van der Waals surface area contributed by atoms with Crippen LogP contribution < -0.4 is 0 Å². The first kappa shape index (κ1) is 13.9. The molecule has 6 heteroatoms. The van der Waals surface area contributed by atoms with Crippen LogP contribution in [0.1, 0.15) is 35.5 Å². The molecule has 6 nitrogen and oxygen atoms in total. The summed E-state index contributed by atoms with van der Waals surface area (Å²) in [5.41, 5.74) is 3.95. The van der Waals surface area contributed by atoms with Crippen molar-refractivity contribution in [2.45, 2.75) is 25.2 Å². The highest BCUT2D eigenvalue weighted by molar-refractivity contribution is 5.93. The van der Waals surface area contributed by atoms with Gasteiger partial charge in [-0.3, -0.25) is 4.98 Å². The number of hydrogen-bond acceptors (Lipinski definition) is 4. The van der Waals surface area contributed by atoms with Gasteiger partial charge in [-0.25, -0.2) is 14.5 Å². The standard InChI is InChI=1S/C20H16N6/c1-12-9-21-10-18-23-19(24-26(12)18)16-8-15(16)17-11-25-7-6-13-4-2-3-5-14(13)20(25)22-17/h2-7,9-11,15-16H,8H2,1H3/t15-,16-/m1/s1. The first-order valence-corrected chi connectivity index (χ1v) is 8.81. The molecule has 0 unspecified atom stereocenters. The Morgan fingerprint density at radius 3 is 2.88 bits per heavy atom. The Morgan fingerprint density at radius 1 is 1.04 bits per heavy atom. The van der Waals surface area contributed by atoms with Crippen molar-refractivity contribution in [1.29, 1.82) is 0 Å². The van der Waals surface area contributed by atoms with Gasteiger partial charge in [0.1, 0.15) is 5.65 Å². The number of rotatable bonds is 2. The van der Waals surface area contributed by atoms with E-state index in [0.29, 0.717) is 11.8 Å². The summed E-state index contributed by atoms with van der Waals surface area (Å²) < 4.78 is 3.99. The Bertz CT molecular complexity index is 1300. The molecule has 126 valence electrons. The van der Waals surface area contributed by atoms with Gasteiger partial charge >= 0.3 is 0 Å². The quantitative estimate of drug-likeness (QED) is 0.493. The van der Waals surface area contributed by atoms with E-state index in [1.165, 1.54) is 10.8 Å². The predicted octanol–water partition coefficient (Wildman–Crippen LogP) is 3.50. The van der Waals surface area contributed by atoms with Crippen LogP contribution in [0, 0.1) is 6.92 Å². The van der Waals surface area contributed by atoms with Gasteiger partial charge in [-0.15, -0.1) is 0 Å². The van der Waals surface area contributed by atoms with E-state index >= 15 is 0 Å². The van der Waals surface area contributed by atoms with E-state index in [4.69, 9.17) is 4.98 Å². The summed E-state index contributed by atoms with van der Waals surface area (Å²) in [5, 5.41) is 7.09. The Morgan fingerprint density at radius 2 is 1.96 bits per heavy atom. The zero-order valence-electron chi connectivity index (χ0n) is 14.2. The zero-order chi connectivity index (χ0) is 17.3. The Hall–Kier alpha value is -3.28. The first-order chi connectivity index (χ1) is 12.8. The largest absolute Gasteiger partial charge is 0.306 e. The molecule has 0 radical (unpaired) electrons. The maximum atomic E-state index is 4.94. The lowest BCUT2D eigenvalue weighted by Gasteiger charge is -1.98. The number of benzene rings is 1. The summed E-state index contributed by atoms with van der Waals surface area (Å²) in [5.74, 6) is 1.62. The second-order valence-electron chi connectivity index (χ2n) is 7.04. The molecule has 6 rings (SSSR count). The van der Waals surface area contributed by atoms with Gasteiger partial charge in [0.2, 0.25) is 0 Å². The molecule has 1 aliphatic rings. The lowest BCUT2D eigenvalue weighted by atomic mass is 10.2. The van der Waals surface area contributed by atoms with E-state index in [0.717, 1.165) is 34.9 Å². The summed E-state index contributed by atoms with van der Waals surface area (Å²) in [7, 11) is 0. The monoisotopic (exact) mass is 340 g/mol. The molecule has 0 N–H and O–H groups in total. The van der Waals surface area contributed by atoms with Gasteiger partial charge in [-0.05, 0) is 24.8 Å². The molecule has 5 aromatic rings. The van der Waals surface area contributed by atoms with Crippen LogP contribution in [0.25, 0.3) is 22.1 Å². The molecule has 1 fully saturated rings. The molecule has 26 heavy (non-hydrogen) atoms. The van der Waals surface area contributed by atoms with Crippen LogP contribution in [0.4, 0.5) is 0 Å². The number of aromatic nitrogens is 6. The molecule has 0 amide bonds. The Kier molecular flexibility index (Phi) is 2.62. The van der Waals surface area contributed by atoms with Crippen LogP contribution in [0.15, 0.2) is 55.1 Å². The van der Waals surface area contributed by atoms with Gasteiger partial charge in [0.25, 0.3) is 0 Å². The first-order valence-electron chi connectivity index (χ1n) is 8.81. The van der Waals surface area contributed by atoms with Crippen LogP contribution in [0.3, 0.4) is 0 Å². The molecular weight excluding hydrogens is 324 g/mol. The van der Waals surface area contributed by atoms with E-state index < -0.39 is 0 Å². The van der Waals surface area contributed by atoms with Crippen LogP contribution in [0.2, 0.25) is 0 Å². The van der Waals surface area contributed by atoms with Crippen LogP contribution in [0.5, 0.6) is 0 Å². The average Bonchev–Trinajstić information content (AvgIpc) is 3.14. The minimum Gasteiger partial charge on any atom is -0.306 e. The van der Waals surface area contributed by atoms with Gasteiger partial charge < -0.3 is 4.40 Å². The van der Waals surface area contributed by atoms with E-state index in [2.05, 4.69) is 62.2 Å². The van der Waals surface area contributed by atoms with E-state index in [9.17, 15) is 0 Å². The van der Waals surface area contributed by atoms with Crippen LogP contribution >= 0.6 is 0 Å². The molecule has 0 bridgehead atoms. The maximum Gasteiger partial charge on any atom is 0.174 e. The summed E-state index contributed by atoms with van der Waals surface area (Å²) in [6, 6.07) is 10.5. The molecule has 4 aromatic heterocycles. The number of fused-ring (bicyclic) bond motifs is 4. The highest BCUT2D eigenvalue weighted by Crippen LogP contribution is 2.53. The topological polar surface area (TPSA) is 60.4 Å². The molecule has 0 spiro atoms. The predicted molar refractivity (Wildman–Crippen MR) is 98.3 cm³/mol. The highest BCUT2D eigenvalue weighted by atomic mass is 15.3. The van der Waals surface area contributed by atoms with E-state index in [1.807, 2.05) is 17.6 Å². The summed E-state index contributed by atoms with van der Waals surface area (Å²) in [4.78, 5) is 13.8. The van der Waals surface area contributed by atoms with Gasteiger partial charge in [-0.1, -0.05) is 24.3 Å². The minimum atomic E-state index is 0.338. The lowest BCUT2D eigenvalue weighted by molar-refractivity contribution is 0.832. The van der Waals surface area contributed by atoms with Crippen LogP contribution in [-0.4, -0.2) is 29.0 Å². The fourth-order valence-corrected chi connectivity index (χ4v) is 3.83. The zero-order valence-corrected chi connectivity index (χ0v) is 14.2. The van der Waals surface area contributed by atoms with Crippen molar-refractivity contribution in [2.75, 3.05) is 0 Å². The molecular formula is C20H16N6. The third-order valence-electron chi connectivity index (χ3n) is 5.30. The highest BCUT2D eigenvalue weighted by Gasteiger charge is 2.44. The lowest BCUT2D eigenvalue weighted by Crippen LogP contribution is -1.94. The molecule has 2 atom stereocenters. The van der Waals surface area contributed by atoms with E-state index in [1.54, 1.807) is 6.20 Å². The van der Waals surface area contributed by atoms with Crippen molar-refractivity contribution in [1.82, 2.24) is 29.0 Å². The van der Waals surface area contributed by atoms with Crippen molar-refractivity contribution in [3.05, 3.63) is 72.3 Å². The second-order valence-corrected chi connectivity index (χ2v) is 7.04. The SMILES string of the molecule is Cc1cncc2nc([C@@H]3C[C@H]3c3cn4ccc5ccccc5c4n3)nn12. The smallest absolute Gasteiger partial charge is 0.174 e. The van der Waals surface area contributed by atoms with Gasteiger partial charge in [0.15, 0.2) is 11.5 Å². The third-order valence-corrected chi connectivity index (χ3v) is 5.30. The molecule has 1 aromatic carbocycles. The fourth-order valence-electron chi connectivity index (χ4n) is 3.83. The average molecular weight is 340 g/mol. The number of imidazole rings is 1. The van der Waals surface area contributed by atoms with Crippen molar-refractivity contribution in [2.24, 2.45) is 0 Å². The van der Waals surface area contributed by atoms with Gasteiger partial charge in [-0.2, -0.15) is 5.10 Å². The number of nitrogens with zero attached hydrogens (tertiary/aromatic N) is 6. The second kappa shape index (κ2) is 4.88. The number of hydrogen-bond donors (Lipinski definition) is 0. The van der Waals surface area contributed by atoms with Gasteiger partial charge in [0.05, 0.1) is 17.6 Å². The van der Waals surface area contributed by atoms with Gasteiger partial charge in [0, 0.05) is 35.8 Å². The molecule has 1 saturated carbocycles. The molecule has 1 aliphatic carbocycles. The van der Waals surface area contributed by atoms with Crippen molar-refractivity contribution < 1.29 is 0 Å². The van der Waals surface area contributed by atoms with Crippen molar-refractivity contribution in [3.63, 3.8) is 0 Å². The summed E-state index contributed by atoms with van der Waals surface area (Å²) in [6.45, 7) is 2.00. The normalized spacial score (nSPS) is 19.6. The minimum absolute atomic E-state index is 0.338. The van der Waals surface area contributed by atoms with Crippen LogP contribution in [-0.2, 0) is 0 Å².